The quantitative estimate of drug-likeness (QED) is 0.837. The molecule has 0 aromatic carbocycles. The number of carbonyl (C=O) groups is 1. The molecule has 3 N–H and O–H groups in total. The van der Waals surface area contributed by atoms with Crippen LogP contribution in [-0.2, 0) is 6.54 Å². The Morgan fingerprint density at radius 3 is 2.82 bits per heavy atom. The van der Waals surface area contributed by atoms with Gasteiger partial charge in [0.05, 0.1) is 30.1 Å². The van der Waals surface area contributed by atoms with Crippen LogP contribution in [0.25, 0.3) is 0 Å². The first-order valence-electron chi connectivity index (χ1n) is 4.91. The first-order valence-corrected chi connectivity index (χ1v) is 5.79. The summed E-state index contributed by atoms with van der Waals surface area (Å²) in [6, 6.07) is 0. The topological polar surface area (TPSA) is 93.8 Å². The van der Waals surface area contributed by atoms with Gasteiger partial charge in [-0.25, -0.2) is 15.0 Å². The van der Waals surface area contributed by atoms with Crippen molar-refractivity contribution in [3.8, 4) is 0 Å². The number of nitrogens with one attached hydrogen (secondary N) is 1. The lowest BCUT2D eigenvalue weighted by molar-refractivity contribution is 0.0946. The highest BCUT2D eigenvalue weighted by Gasteiger charge is 2.08. The number of rotatable bonds is 3. The highest BCUT2D eigenvalue weighted by atomic mass is 32.1. The Balaban J connectivity index is 1.98. The van der Waals surface area contributed by atoms with Crippen LogP contribution in [0.15, 0.2) is 17.9 Å². The average molecular weight is 249 g/mol. The van der Waals surface area contributed by atoms with E-state index >= 15 is 0 Å². The second kappa shape index (κ2) is 4.88. The molecule has 0 saturated heterocycles. The maximum absolute atomic E-state index is 11.7. The second-order valence-electron chi connectivity index (χ2n) is 3.37. The summed E-state index contributed by atoms with van der Waals surface area (Å²) in [4.78, 5) is 24.5. The van der Waals surface area contributed by atoms with E-state index in [0.29, 0.717) is 12.4 Å². The highest BCUT2D eigenvalue weighted by molar-refractivity contribution is 7.09. The van der Waals surface area contributed by atoms with Crippen molar-refractivity contribution in [2.75, 3.05) is 5.73 Å². The van der Waals surface area contributed by atoms with Gasteiger partial charge < -0.3 is 11.1 Å². The van der Waals surface area contributed by atoms with Crippen LogP contribution in [0.1, 0.15) is 21.1 Å². The van der Waals surface area contributed by atoms with Crippen molar-refractivity contribution in [2.24, 2.45) is 0 Å². The molecule has 0 aliphatic heterocycles. The smallest absolute Gasteiger partial charge is 0.271 e. The molecule has 2 rings (SSSR count). The summed E-state index contributed by atoms with van der Waals surface area (Å²) >= 11 is 1.51. The van der Waals surface area contributed by atoms with Crippen LogP contribution in [0.5, 0.6) is 0 Å². The molecule has 2 heterocycles. The molecule has 0 aliphatic rings. The van der Waals surface area contributed by atoms with Crippen LogP contribution in [0.2, 0.25) is 0 Å². The van der Waals surface area contributed by atoms with Gasteiger partial charge in [-0.3, -0.25) is 4.79 Å². The summed E-state index contributed by atoms with van der Waals surface area (Å²) in [5.74, 6) is 0.0187. The van der Waals surface area contributed by atoms with Gasteiger partial charge in [0.15, 0.2) is 0 Å². The van der Waals surface area contributed by atoms with E-state index in [4.69, 9.17) is 5.73 Å². The van der Waals surface area contributed by atoms with Crippen molar-refractivity contribution < 1.29 is 4.79 Å². The molecule has 17 heavy (non-hydrogen) atoms. The molecule has 0 fully saturated rings. The summed E-state index contributed by atoms with van der Waals surface area (Å²) in [5, 5.41) is 2.75. The predicted molar refractivity (Wildman–Crippen MR) is 64.5 cm³/mol. The van der Waals surface area contributed by atoms with Crippen LogP contribution in [0, 0.1) is 6.92 Å². The first kappa shape index (κ1) is 11.5. The fourth-order valence-electron chi connectivity index (χ4n) is 1.20. The van der Waals surface area contributed by atoms with E-state index in [9.17, 15) is 4.79 Å². The largest absolute Gasteiger partial charge is 0.382 e. The van der Waals surface area contributed by atoms with Gasteiger partial charge in [-0.05, 0) is 6.92 Å². The molecule has 0 radical (unpaired) electrons. The van der Waals surface area contributed by atoms with E-state index in [2.05, 4.69) is 20.3 Å². The van der Waals surface area contributed by atoms with Crippen molar-refractivity contribution in [1.29, 1.82) is 0 Å². The van der Waals surface area contributed by atoms with Gasteiger partial charge in [0.1, 0.15) is 11.5 Å². The van der Waals surface area contributed by atoms with Crippen molar-refractivity contribution >= 4 is 23.1 Å². The van der Waals surface area contributed by atoms with Gasteiger partial charge in [0.2, 0.25) is 0 Å². The number of hydrogen-bond acceptors (Lipinski definition) is 6. The van der Waals surface area contributed by atoms with Crippen molar-refractivity contribution in [3.05, 3.63) is 34.2 Å². The molecular weight excluding hydrogens is 238 g/mol. The molecule has 0 aliphatic carbocycles. The summed E-state index contributed by atoms with van der Waals surface area (Å²) < 4.78 is 0. The molecule has 6 nitrogen and oxygen atoms in total. The van der Waals surface area contributed by atoms with Crippen LogP contribution in [0.4, 0.5) is 5.82 Å². The number of nitrogen functional groups attached to an aromatic ring is 1. The minimum absolute atomic E-state index is 0.251. The number of nitrogens with two attached hydrogens (primary N) is 1. The number of aromatic nitrogens is 3. The monoisotopic (exact) mass is 249 g/mol. The molecular formula is C10H11N5OS. The van der Waals surface area contributed by atoms with Gasteiger partial charge in [-0.15, -0.1) is 11.3 Å². The van der Waals surface area contributed by atoms with Gasteiger partial charge in [0.25, 0.3) is 5.91 Å². The van der Waals surface area contributed by atoms with E-state index in [-0.39, 0.29) is 11.6 Å². The summed E-state index contributed by atoms with van der Waals surface area (Å²) in [6.07, 6.45) is 2.71. The number of amides is 1. The predicted octanol–water partition coefficient (Wildman–Crippen LogP) is 0.754. The molecule has 0 atom stereocenters. The molecule has 0 saturated carbocycles. The van der Waals surface area contributed by atoms with Gasteiger partial charge in [0, 0.05) is 4.88 Å². The molecule has 0 spiro atoms. The fourth-order valence-corrected chi connectivity index (χ4v) is 1.92. The van der Waals surface area contributed by atoms with E-state index in [1.807, 2.05) is 6.92 Å². The van der Waals surface area contributed by atoms with Crippen LogP contribution in [-0.4, -0.2) is 20.9 Å². The number of hydrogen-bond donors (Lipinski definition) is 2. The SMILES string of the molecule is Cc1ncsc1CNC(=O)c1cnc(N)cn1. The Morgan fingerprint density at radius 2 is 2.24 bits per heavy atom. The maximum Gasteiger partial charge on any atom is 0.271 e. The standard InChI is InChI=1S/C10H11N5OS/c1-6-8(17-5-15-6)3-14-10(16)7-2-13-9(11)4-12-7/h2,4-5H,3H2,1H3,(H2,11,13)(H,14,16). The molecule has 7 heteroatoms. The van der Waals surface area contributed by atoms with Crippen molar-refractivity contribution in [2.45, 2.75) is 13.5 Å². The lowest BCUT2D eigenvalue weighted by atomic mass is 10.3. The third-order valence-electron chi connectivity index (χ3n) is 2.16. The number of nitrogens with zero attached hydrogens (tertiary/aromatic N) is 3. The minimum atomic E-state index is -0.273. The Kier molecular flexibility index (Phi) is 3.29. The Bertz CT molecular complexity index is 522. The number of carbonyl (C=O) groups excluding carboxylic acids is 1. The number of thiazole rings is 1. The fraction of sp³-hybridized carbons (Fsp3) is 0.200. The van der Waals surface area contributed by atoms with Crippen LogP contribution in [0.3, 0.4) is 0 Å². The first-order chi connectivity index (χ1) is 8.16. The van der Waals surface area contributed by atoms with Gasteiger partial charge in [-0.1, -0.05) is 0 Å². The number of anilines is 1. The van der Waals surface area contributed by atoms with Gasteiger partial charge in [-0.2, -0.15) is 0 Å². The zero-order chi connectivity index (χ0) is 12.3. The van der Waals surface area contributed by atoms with Crippen molar-refractivity contribution in [1.82, 2.24) is 20.3 Å². The summed E-state index contributed by atoms with van der Waals surface area (Å²) in [6.45, 7) is 2.35. The normalized spacial score (nSPS) is 10.2. The second-order valence-corrected chi connectivity index (χ2v) is 4.31. The molecule has 2 aromatic heterocycles. The molecule has 2 aromatic rings. The summed E-state index contributed by atoms with van der Waals surface area (Å²) in [5.41, 5.74) is 8.32. The van der Waals surface area contributed by atoms with Gasteiger partial charge >= 0.3 is 0 Å². The van der Waals surface area contributed by atoms with E-state index < -0.39 is 0 Å². The third-order valence-corrected chi connectivity index (χ3v) is 3.09. The molecule has 88 valence electrons. The molecule has 0 bridgehead atoms. The van der Waals surface area contributed by atoms with Crippen LogP contribution < -0.4 is 11.1 Å². The zero-order valence-corrected chi connectivity index (χ0v) is 9.99. The Hall–Kier alpha value is -2.02. The minimum Gasteiger partial charge on any atom is -0.382 e. The lowest BCUT2D eigenvalue weighted by Crippen LogP contribution is -2.24. The Labute approximate surface area is 102 Å². The van der Waals surface area contributed by atoms with E-state index in [1.165, 1.54) is 23.7 Å². The summed E-state index contributed by atoms with van der Waals surface area (Å²) in [7, 11) is 0. The van der Waals surface area contributed by atoms with Crippen LogP contribution >= 0.6 is 11.3 Å². The third kappa shape index (κ3) is 2.76. The number of aryl methyl sites for hydroxylation is 1. The Morgan fingerprint density at radius 1 is 1.41 bits per heavy atom. The van der Waals surface area contributed by atoms with E-state index in [1.54, 1.807) is 5.51 Å². The van der Waals surface area contributed by atoms with E-state index in [0.717, 1.165) is 10.6 Å². The highest BCUT2D eigenvalue weighted by Crippen LogP contribution is 2.11. The lowest BCUT2D eigenvalue weighted by Gasteiger charge is -2.03. The average Bonchev–Trinajstić information content (AvgIpc) is 2.73. The van der Waals surface area contributed by atoms with Crippen molar-refractivity contribution in [3.63, 3.8) is 0 Å². The molecule has 1 amide bonds. The maximum atomic E-state index is 11.7. The zero-order valence-electron chi connectivity index (χ0n) is 9.17. The molecule has 0 unspecified atom stereocenters.